The number of hydrogen-bond acceptors (Lipinski definition) is 3. The molecule has 3 heteroatoms. The number of hydrogen-bond donors (Lipinski definition) is 1. The maximum Gasteiger partial charge on any atom is 0.302 e. The fraction of sp³-hybridized carbons (Fsp3) is 0.909. The Balaban J connectivity index is 2.66. The van der Waals surface area contributed by atoms with E-state index < -0.39 is 5.60 Å². The van der Waals surface area contributed by atoms with E-state index in [-0.39, 0.29) is 17.5 Å². The summed E-state index contributed by atoms with van der Waals surface area (Å²) >= 11 is 0. The highest BCUT2D eigenvalue weighted by Crippen LogP contribution is 2.41. The van der Waals surface area contributed by atoms with Crippen molar-refractivity contribution in [2.24, 2.45) is 5.41 Å². The smallest absolute Gasteiger partial charge is 0.302 e. The van der Waals surface area contributed by atoms with E-state index in [1.165, 1.54) is 6.92 Å². The SMILES string of the molecule is CC(=O)OC1CC(C)(C)CC(C)(O)C1. The number of ether oxygens (including phenoxy) is 1. The summed E-state index contributed by atoms with van der Waals surface area (Å²) in [7, 11) is 0. The third kappa shape index (κ3) is 3.29. The molecular formula is C11H20O3. The van der Waals surface area contributed by atoms with Gasteiger partial charge < -0.3 is 9.84 Å². The van der Waals surface area contributed by atoms with Gasteiger partial charge in [-0.2, -0.15) is 0 Å². The molecule has 0 radical (unpaired) electrons. The molecule has 3 nitrogen and oxygen atoms in total. The lowest BCUT2D eigenvalue weighted by Crippen LogP contribution is -2.44. The van der Waals surface area contributed by atoms with Crippen molar-refractivity contribution in [2.45, 2.75) is 58.7 Å². The van der Waals surface area contributed by atoms with E-state index in [0.717, 1.165) is 12.8 Å². The van der Waals surface area contributed by atoms with Gasteiger partial charge in [0.1, 0.15) is 6.10 Å². The molecule has 0 spiro atoms. The number of carbonyl (C=O) groups excluding carboxylic acids is 1. The van der Waals surface area contributed by atoms with E-state index in [1.807, 2.05) is 6.92 Å². The summed E-state index contributed by atoms with van der Waals surface area (Å²) in [4.78, 5) is 10.8. The Kier molecular flexibility index (Phi) is 2.91. The van der Waals surface area contributed by atoms with Crippen LogP contribution in [-0.4, -0.2) is 22.8 Å². The molecule has 14 heavy (non-hydrogen) atoms. The van der Waals surface area contributed by atoms with Crippen LogP contribution in [0.2, 0.25) is 0 Å². The normalized spacial score (nSPS) is 36.5. The predicted molar refractivity (Wildman–Crippen MR) is 53.8 cm³/mol. The highest BCUT2D eigenvalue weighted by molar-refractivity contribution is 5.66. The zero-order valence-electron chi connectivity index (χ0n) is 9.46. The fourth-order valence-electron chi connectivity index (χ4n) is 2.67. The first-order valence-corrected chi connectivity index (χ1v) is 5.10. The molecule has 0 aromatic heterocycles. The summed E-state index contributed by atoms with van der Waals surface area (Å²) in [5, 5.41) is 10.0. The number of esters is 1. The van der Waals surface area contributed by atoms with Gasteiger partial charge in [0.25, 0.3) is 0 Å². The molecule has 2 atom stereocenters. The summed E-state index contributed by atoms with van der Waals surface area (Å²) < 4.78 is 5.16. The quantitative estimate of drug-likeness (QED) is 0.657. The Morgan fingerprint density at radius 2 is 1.93 bits per heavy atom. The molecule has 0 bridgehead atoms. The maximum atomic E-state index is 10.8. The molecule has 1 aliphatic rings. The van der Waals surface area contributed by atoms with Gasteiger partial charge in [-0.25, -0.2) is 0 Å². The van der Waals surface area contributed by atoms with Crippen molar-refractivity contribution >= 4 is 5.97 Å². The van der Waals surface area contributed by atoms with Crippen LogP contribution >= 0.6 is 0 Å². The topological polar surface area (TPSA) is 46.5 Å². The minimum absolute atomic E-state index is 0.0435. The van der Waals surface area contributed by atoms with Crippen LogP contribution in [0.3, 0.4) is 0 Å². The van der Waals surface area contributed by atoms with Gasteiger partial charge in [0.15, 0.2) is 0 Å². The van der Waals surface area contributed by atoms with Crippen molar-refractivity contribution in [1.29, 1.82) is 0 Å². The number of rotatable bonds is 1. The summed E-state index contributed by atoms with van der Waals surface area (Å²) in [6, 6.07) is 0. The molecule has 2 unspecified atom stereocenters. The summed E-state index contributed by atoms with van der Waals surface area (Å²) in [6.07, 6.45) is 2.02. The molecule has 0 aromatic carbocycles. The van der Waals surface area contributed by atoms with E-state index in [2.05, 4.69) is 13.8 Å². The van der Waals surface area contributed by atoms with Gasteiger partial charge in [0.2, 0.25) is 0 Å². The third-order valence-electron chi connectivity index (χ3n) is 2.64. The first-order valence-electron chi connectivity index (χ1n) is 5.10. The van der Waals surface area contributed by atoms with Crippen LogP contribution in [0.25, 0.3) is 0 Å². The molecule has 0 saturated heterocycles. The predicted octanol–water partition coefficient (Wildman–Crippen LogP) is 1.88. The van der Waals surface area contributed by atoms with Crippen LogP contribution in [0, 0.1) is 5.41 Å². The Morgan fingerprint density at radius 1 is 1.36 bits per heavy atom. The second-order valence-corrected chi connectivity index (χ2v) is 5.48. The lowest BCUT2D eigenvalue weighted by Gasteiger charge is -2.43. The lowest BCUT2D eigenvalue weighted by molar-refractivity contribution is -0.157. The lowest BCUT2D eigenvalue weighted by atomic mass is 9.69. The molecule has 0 heterocycles. The Bertz CT molecular complexity index is 215. The zero-order chi connectivity index (χ0) is 11.0. The zero-order valence-corrected chi connectivity index (χ0v) is 9.46. The van der Waals surface area contributed by atoms with Gasteiger partial charge >= 0.3 is 5.97 Å². The Hall–Kier alpha value is -0.570. The van der Waals surface area contributed by atoms with Crippen molar-refractivity contribution < 1.29 is 14.6 Å². The van der Waals surface area contributed by atoms with Gasteiger partial charge in [-0.1, -0.05) is 13.8 Å². The molecule has 0 aliphatic heterocycles. The van der Waals surface area contributed by atoms with Crippen molar-refractivity contribution in [3.05, 3.63) is 0 Å². The molecule has 0 aromatic rings. The van der Waals surface area contributed by atoms with E-state index >= 15 is 0 Å². The van der Waals surface area contributed by atoms with Gasteiger partial charge in [-0.05, 0) is 25.2 Å². The van der Waals surface area contributed by atoms with Crippen molar-refractivity contribution in [3.8, 4) is 0 Å². The van der Waals surface area contributed by atoms with E-state index in [0.29, 0.717) is 6.42 Å². The van der Waals surface area contributed by atoms with Gasteiger partial charge in [0, 0.05) is 13.3 Å². The van der Waals surface area contributed by atoms with E-state index in [9.17, 15) is 9.90 Å². The average molecular weight is 200 g/mol. The summed E-state index contributed by atoms with van der Waals surface area (Å²) in [5.74, 6) is -0.261. The molecule has 1 N–H and O–H groups in total. The Labute approximate surface area is 85.5 Å². The summed E-state index contributed by atoms with van der Waals surface area (Å²) in [5.41, 5.74) is -0.663. The van der Waals surface area contributed by atoms with Crippen LogP contribution in [0.4, 0.5) is 0 Å². The van der Waals surface area contributed by atoms with Crippen LogP contribution < -0.4 is 0 Å². The minimum atomic E-state index is -0.706. The monoisotopic (exact) mass is 200 g/mol. The second-order valence-electron chi connectivity index (χ2n) is 5.48. The molecule has 1 fully saturated rings. The molecule has 82 valence electrons. The van der Waals surface area contributed by atoms with Gasteiger partial charge in [0.05, 0.1) is 5.60 Å². The number of aliphatic hydroxyl groups is 1. The molecule has 1 aliphatic carbocycles. The van der Waals surface area contributed by atoms with Crippen LogP contribution in [-0.2, 0) is 9.53 Å². The maximum absolute atomic E-state index is 10.8. The first kappa shape index (κ1) is 11.5. The highest BCUT2D eigenvalue weighted by Gasteiger charge is 2.41. The molecule has 1 saturated carbocycles. The van der Waals surface area contributed by atoms with Gasteiger partial charge in [-0.15, -0.1) is 0 Å². The van der Waals surface area contributed by atoms with Crippen LogP contribution in [0.1, 0.15) is 47.0 Å². The number of carbonyl (C=O) groups is 1. The van der Waals surface area contributed by atoms with Crippen molar-refractivity contribution in [2.75, 3.05) is 0 Å². The molecular weight excluding hydrogens is 180 g/mol. The van der Waals surface area contributed by atoms with Crippen LogP contribution in [0.15, 0.2) is 0 Å². The Morgan fingerprint density at radius 3 is 2.36 bits per heavy atom. The third-order valence-corrected chi connectivity index (χ3v) is 2.64. The largest absolute Gasteiger partial charge is 0.462 e. The van der Waals surface area contributed by atoms with E-state index in [4.69, 9.17) is 4.74 Å². The fourth-order valence-corrected chi connectivity index (χ4v) is 2.67. The average Bonchev–Trinajstić information content (AvgIpc) is 1.74. The van der Waals surface area contributed by atoms with Crippen molar-refractivity contribution in [3.63, 3.8) is 0 Å². The van der Waals surface area contributed by atoms with Crippen LogP contribution in [0.5, 0.6) is 0 Å². The standard InChI is InChI=1S/C11H20O3/c1-8(12)14-9-5-10(2,3)7-11(4,13)6-9/h9,13H,5-7H2,1-4H3. The minimum Gasteiger partial charge on any atom is -0.462 e. The first-order chi connectivity index (χ1) is 6.20. The van der Waals surface area contributed by atoms with Crippen molar-refractivity contribution in [1.82, 2.24) is 0 Å². The molecule has 0 amide bonds. The highest BCUT2D eigenvalue weighted by atomic mass is 16.5. The summed E-state index contributed by atoms with van der Waals surface area (Å²) in [6.45, 7) is 7.41. The van der Waals surface area contributed by atoms with E-state index in [1.54, 1.807) is 0 Å². The van der Waals surface area contributed by atoms with Gasteiger partial charge in [-0.3, -0.25) is 4.79 Å². The molecule has 1 rings (SSSR count). The second kappa shape index (κ2) is 3.54.